The predicted molar refractivity (Wildman–Crippen MR) is 60.1 cm³/mol. The molecule has 1 unspecified atom stereocenters. The number of halogens is 1. The van der Waals surface area contributed by atoms with Gasteiger partial charge < -0.3 is 5.11 Å². The van der Waals surface area contributed by atoms with Crippen LogP contribution in [-0.2, 0) is 6.42 Å². The molecule has 0 aliphatic heterocycles. The first-order valence-corrected chi connectivity index (χ1v) is 5.33. The minimum Gasteiger partial charge on any atom is -0.396 e. The van der Waals surface area contributed by atoms with Crippen LogP contribution >= 0.6 is 0 Å². The number of aliphatic hydroxyl groups excluding tert-OH is 1. The Morgan fingerprint density at radius 3 is 2.53 bits per heavy atom. The average molecular weight is 210 g/mol. The largest absolute Gasteiger partial charge is 0.396 e. The summed E-state index contributed by atoms with van der Waals surface area (Å²) in [7, 11) is 0. The molecule has 0 aliphatic rings. The third-order valence-corrected chi connectivity index (χ3v) is 3.25. The molecule has 0 fully saturated rings. The van der Waals surface area contributed by atoms with Crippen LogP contribution in [0.5, 0.6) is 0 Å². The van der Waals surface area contributed by atoms with E-state index < -0.39 is 0 Å². The highest BCUT2D eigenvalue weighted by Crippen LogP contribution is 2.30. The van der Waals surface area contributed by atoms with Crippen LogP contribution in [0.25, 0.3) is 0 Å². The highest BCUT2D eigenvalue weighted by Gasteiger charge is 2.27. The zero-order chi connectivity index (χ0) is 11.5. The van der Waals surface area contributed by atoms with Crippen molar-refractivity contribution in [3.63, 3.8) is 0 Å². The Hall–Kier alpha value is -0.890. The van der Waals surface area contributed by atoms with Crippen molar-refractivity contribution in [1.29, 1.82) is 0 Å². The fraction of sp³-hybridized carbons (Fsp3) is 0.538. The lowest BCUT2D eigenvalue weighted by atomic mass is 9.75. The Bertz CT molecular complexity index is 322. The lowest BCUT2D eigenvalue weighted by Gasteiger charge is -2.31. The second-order valence-electron chi connectivity index (χ2n) is 4.77. The van der Waals surface area contributed by atoms with Gasteiger partial charge in [-0.2, -0.15) is 0 Å². The van der Waals surface area contributed by atoms with Crippen LogP contribution in [0.4, 0.5) is 4.39 Å². The number of hydrogen-bond acceptors (Lipinski definition) is 1. The molecule has 0 heterocycles. The lowest BCUT2D eigenvalue weighted by molar-refractivity contribution is 0.0947. The molecule has 1 rings (SSSR count). The minimum absolute atomic E-state index is 0.126. The number of rotatable bonds is 4. The summed E-state index contributed by atoms with van der Waals surface area (Å²) in [5.74, 6) is 0.155. The summed E-state index contributed by atoms with van der Waals surface area (Å²) in [5.41, 5.74) is 0.772. The summed E-state index contributed by atoms with van der Waals surface area (Å²) in [6.07, 6.45) is 0.707. The maximum Gasteiger partial charge on any atom is 0.123 e. The zero-order valence-corrected chi connectivity index (χ0v) is 9.63. The molecule has 0 amide bonds. The first kappa shape index (κ1) is 12.2. The van der Waals surface area contributed by atoms with E-state index in [0.717, 1.165) is 5.56 Å². The van der Waals surface area contributed by atoms with E-state index in [1.54, 1.807) is 6.07 Å². The van der Waals surface area contributed by atoms with Crippen LogP contribution in [0.2, 0.25) is 0 Å². The smallest absolute Gasteiger partial charge is 0.123 e. The molecule has 84 valence electrons. The van der Waals surface area contributed by atoms with E-state index in [-0.39, 0.29) is 17.8 Å². The van der Waals surface area contributed by atoms with Gasteiger partial charge in [-0.25, -0.2) is 4.39 Å². The highest BCUT2D eigenvalue weighted by atomic mass is 19.1. The molecule has 0 radical (unpaired) electrons. The molecule has 0 spiro atoms. The molecular weight excluding hydrogens is 191 g/mol. The lowest BCUT2D eigenvalue weighted by Crippen LogP contribution is -2.30. The van der Waals surface area contributed by atoms with Crippen molar-refractivity contribution in [1.82, 2.24) is 0 Å². The monoisotopic (exact) mass is 210 g/mol. The van der Waals surface area contributed by atoms with Crippen LogP contribution in [0, 0.1) is 17.2 Å². The van der Waals surface area contributed by atoms with Gasteiger partial charge in [-0.15, -0.1) is 0 Å². The van der Waals surface area contributed by atoms with E-state index in [9.17, 15) is 9.50 Å². The molecule has 1 aromatic rings. The normalized spacial score (nSPS) is 15.3. The van der Waals surface area contributed by atoms with Gasteiger partial charge in [0.05, 0.1) is 0 Å². The summed E-state index contributed by atoms with van der Waals surface area (Å²) in [4.78, 5) is 0. The third kappa shape index (κ3) is 3.03. The summed E-state index contributed by atoms with van der Waals surface area (Å²) in [5, 5.41) is 9.39. The SMILES string of the molecule is CC(C)C(C)(CO)Cc1cccc(F)c1. The van der Waals surface area contributed by atoms with Gasteiger partial charge in [-0.3, -0.25) is 0 Å². The summed E-state index contributed by atoms with van der Waals surface area (Å²) in [6.45, 7) is 6.31. The van der Waals surface area contributed by atoms with Crippen LogP contribution in [0.1, 0.15) is 26.3 Å². The molecule has 1 aromatic carbocycles. The van der Waals surface area contributed by atoms with E-state index >= 15 is 0 Å². The van der Waals surface area contributed by atoms with Gasteiger partial charge in [0, 0.05) is 6.61 Å². The molecule has 0 saturated carbocycles. The van der Waals surface area contributed by atoms with Gasteiger partial charge in [-0.1, -0.05) is 32.9 Å². The van der Waals surface area contributed by atoms with Crippen molar-refractivity contribution in [2.45, 2.75) is 27.2 Å². The molecule has 0 aliphatic carbocycles. The molecule has 0 saturated heterocycles. The molecular formula is C13H19FO. The van der Waals surface area contributed by atoms with E-state index in [0.29, 0.717) is 12.3 Å². The van der Waals surface area contributed by atoms with Gasteiger partial charge in [0.25, 0.3) is 0 Å². The fourth-order valence-corrected chi connectivity index (χ4v) is 1.56. The fourth-order valence-electron chi connectivity index (χ4n) is 1.56. The summed E-state index contributed by atoms with van der Waals surface area (Å²) in [6, 6.07) is 6.59. The van der Waals surface area contributed by atoms with Gasteiger partial charge >= 0.3 is 0 Å². The maximum absolute atomic E-state index is 13.0. The first-order chi connectivity index (χ1) is 6.98. The van der Waals surface area contributed by atoms with Gasteiger partial charge in [-0.05, 0) is 35.4 Å². The first-order valence-electron chi connectivity index (χ1n) is 5.33. The van der Waals surface area contributed by atoms with Crippen molar-refractivity contribution >= 4 is 0 Å². The Kier molecular flexibility index (Phi) is 3.86. The Morgan fingerprint density at radius 2 is 2.07 bits per heavy atom. The van der Waals surface area contributed by atoms with Crippen LogP contribution in [0.15, 0.2) is 24.3 Å². The van der Waals surface area contributed by atoms with E-state index in [1.807, 2.05) is 13.0 Å². The van der Waals surface area contributed by atoms with Gasteiger partial charge in [0.1, 0.15) is 5.82 Å². The van der Waals surface area contributed by atoms with Crippen molar-refractivity contribution in [3.05, 3.63) is 35.6 Å². The van der Waals surface area contributed by atoms with Crippen molar-refractivity contribution in [2.75, 3.05) is 6.61 Å². The molecule has 1 atom stereocenters. The predicted octanol–water partition coefficient (Wildman–Crippen LogP) is 3.02. The van der Waals surface area contributed by atoms with E-state index in [4.69, 9.17) is 0 Å². The third-order valence-electron chi connectivity index (χ3n) is 3.25. The second kappa shape index (κ2) is 4.75. The summed E-state index contributed by atoms with van der Waals surface area (Å²) >= 11 is 0. The molecule has 1 N–H and O–H groups in total. The number of benzene rings is 1. The van der Waals surface area contributed by atoms with Crippen molar-refractivity contribution in [3.8, 4) is 0 Å². The van der Waals surface area contributed by atoms with Crippen LogP contribution in [-0.4, -0.2) is 11.7 Å². The van der Waals surface area contributed by atoms with E-state index in [1.165, 1.54) is 12.1 Å². The number of aliphatic hydroxyl groups is 1. The van der Waals surface area contributed by atoms with Crippen molar-refractivity contribution in [2.24, 2.45) is 11.3 Å². The summed E-state index contributed by atoms with van der Waals surface area (Å²) < 4.78 is 13.0. The minimum atomic E-state index is -0.212. The molecule has 0 bridgehead atoms. The Labute approximate surface area is 90.9 Å². The second-order valence-corrected chi connectivity index (χ2v) is 4.77. The number of hydrogen-bond donors (Lipinski definition) is 1. The zero-order valence-electron chi connectivity index (χ0n) is 9.63. The molecule has 0 aromatic heterocycles. The van der Waals surface area contributed by atoms with Crippen molar-refractivity contribution < 1.29 is 9.50 Å². The Morgan fingerprint density at radius 1 is 1.40 bits per heavy atom. The van der Waals surface area contributed by atoms with Crippen LogP contribution in [0.3, 0.4) is 0 Å². The van der Waals surface area contributed by atoms with Crippen LogP contribution < -0.4 is 0 Å². The van der Waals surface area contributed by atoms with Gasteiger partial charge in [0.15, 0.2) is 0 Å². The molecule has 2 heteroatoms. The highest BCUT2D eigenvalue weighted by molar-refractivity contribution is 5.18. The average Bonchev–Trinajstić information content (AvgIpc) is 2.17. The standard InChI is InChI=1S/C13H19FO/c1-10(2)13(3,9-15)8-11-5-4-6-12(14)7-11/h4-7,10,15H,8-9H2,1-3H3. The van der Waals surface area contributed by atoms with E-state index in [2.05, 4.69) is 13.8 Å². The molecule has 15 heavy (non-hydrogen) atoms. The topological polar surface area (TPSA) is 20.2 Å². The molecule has 1 nitrogen and oxygen atoms in total. The quantitative estimate of drug-likeness (QED) is 0.810. The maximum atomic E-state index is 13.0. The van der Waals surface area contributed by atoms with Gasteiger partial charge in [0.2, 0.25) is 0 Å². The Balaban J connectivity index is 2.84.